The van der Waals surface area contributed by atoms with Crippen molar-refractivity contribution in [3.05, 3.63) is 11.1 Å². The standard InChI is InChI=1S/C7H12N2O2S/c1-5(9(2)10)6-4-8-7(11-3)12-6/h4-5,10H,1-3H3. The van der Waals surface area contributed by atoms with Gasteiger partial charge in [0.1, 0.15) is 0 Å². The van der Waals surface area contributed by atoms with Gasteiger partial charge in [-0.1, -0.05) is 11.3 Å². The van der Waals surface area contributed by atoms with E-state index in [1.54, 1.807) is 20.4 Å². The first kappa shape index (κ1) is 9.44. The molecule has 0 bridgehead atoms. The molecule has 4 nitrogen and oxygen atoms in total. The zero-order valence-corrected chi connectivity index (χ0v) is 8.13. The van der Waals surface area contributed by atoms with Crippen molar-refractivity contribution in [1.82, 2.24) is 10.0 Å². The summed E-state index contributed by atoms with van der Waals surface area (Å²) in [6.07, 6.45) is 1.71. The van der Waals surface area contributed by atoms with Gasteiger partial charge in [0.2, 0.25) is 0 Å². The van der Waals surface area contributed by atoms with Gasteiger partial charge in [-0.25, -0.2) is 4.98 Å². The van der Waals surface area contributed by atoms with Crippen LogP contribution in [-0.4, -0.2) is 29.4 Å². The van der Waals surface area contributed by atoms with Gasteiger partial charge in [0.25, 0.3) is 5.19 Å². The van der Waals surface area contributed by atoms with Crippen LogP contribution in [0.25, 0.3) is 0 Å². The second-order valence-electron chi connectivity index (χ2n) is 2.48. The van der Waals surface area contributed by atoms with E-state index in [9.17, 15) is 0 Å². The molecule has 1 heterocycles. The highest BCUT2D eigenvalue weighted by molar-refractivity contribution is 7.13. The molecule has 0 saturated carbocycles. The summed E-state index contributed by atoms with van der Waals surface area (Å²) in [6, 6.07) is -0.0357. The summed E-state index contributed by atoms with van der Waals surface area (Å²) in [5.74, 6) is 0. The minimum absolute atomic E-state index is 0.0357. The van der Waals surface area contributed by atoms with E-state index in [1.165, 1.54) is 11.3 Å². The molecular weight excluding hydrogens is 176 g/mol. The van der Waals surface area contributed by atoms with Crippen molar-refractivity contribution in [3.8, 4) is 5.19 Å². The quantitative estimate of drug-likeness (QED) is 0.731. The SMILES string of the molecule is COc1ncc(C(C)N(C)O)s1. The van der Waals surface area contributed by atoms with E-state index < -0.39 is 0 Å². The van der Waals surface area contributed by atoms with E-state index in [0.717, 1.165) is 9.94 Å². The molecule has 1 aromatic rings. The highest BCUT2D eigenvalue weighted by Crippen LogP contribution is 2.27. The molecule has 0 spiro atoms. The van der Waals surface area contributed by atoms with Crippen molar-refractivity contribution in [3.63, 3.8) is 0 Å². The van der Waals surface area contributed by atoms with Gasteiger partial charge >= 0.3 is 0 Å². The third-order valence-corrected chi connectivity index (χ3v) is 2.78. The largest absolute Gasteiger partial charge is 0.473 e. The average Bonchev–Trinajstić information content (AvgIpc) is 2.50. The molecule has 0 radical (unpaired) electrons. The van der Waals surface area contributed by atoms with Crippen LogP contribution in [0.3, 0.4) is 0 Å². The molecule has 0 amide bonds. The fourth-order valence-electron chi connectivity index (χ4n) is 0.742. The van der Waals surface area contributed by atoms with Crippen LogP contribution in [0.15, 0.2) is 6.20 Å². The monoisotopic (exact) mass is 188 g/mol. The number of thiazole rings is 1. The van der Waals surface area contributed by atoms with Crippen molar-refractivity contribution < 1.29 is 9.94 Å². The molecule has 12 heavy (non-hydrogen) atoms. The van der Waals surface area contributed by atoms with Crippen molar-refractivity contribution >= 4 is 11.3 Å². The van der Waals surface area contributed by atoms with Crippen LogP contribution in [0.5, 0.6) is 5.19 Å². The Morgan fingerprint density at radius 3 is 2.83 bits per heavy atom. The molecule has 0 aromatic carbocycles. The lowest BCUT2D eigenvalue weighted by atomic mass is 10.3. The maximum absolute atomic E-state index is 9.13. The number of aromatic nitrogens is 1. The molecule has 0 aliphatic rings. The van der Waals surface area contributed by atoms with Gasteiger partial charge in [-0.15, -0.1) is 0 Å². The molecule has 1 rings (SSSR count). The Morgan fingerprint density at radius 2 is 2.42 bits per heavy atom. The van der Waals surface area contributed by atoms with E-state index in [1.807, 2.05) is 6.92 Å². The summed E-state index contributed by atoms with van der Waals surface area (Å²) in [5, 5.41) is 10.9. The summed E-state index contributed by atoms with van der Waals surface area (Å²) >= 11 is 1.43. The summed E-state index contributed by atoms with van der Waals surface area (Å²) in [6.45, 7) is 1.90. The first-order valence-electron chi connectivity index (χ1n) is 3.56. The summed E-state index contributed by atoms with van der Waals surface area (Å²) < 4.78 is 4.93. The van der Waals surface area contributed by atoms with Crippen LogP contribution in [-0.2, 0) is 0 Å². The molecule has 0 fully saturated rings. The summed E-state index contributed by atoms with van der Waals surface area (Å²) in [5.41, 5.74) is 0. The number of hydroxylamine groups is 2. The van der Waals surface area contributed by atoms with Gasteiger partial charge < -0.3 is 9.94 Å². The van der Waals surface area contributed by atoms with Crippen molar-refractivity contribution in [2.75, 3.05) is 14.2 Å². The van der Waals surface area contributed by atoms with E-state index in [-0.39, 0.29) is 6.04 Å². The first-order chi connectivity index (χ1) is 5.65. The van der Waals surface area contributed by atoms with Gasteiger partial charge in [0.15, 0.2) is 0 Å². The van der Waals surface area contributed by atoms with E-state index in [0.29, 0.717) is 5.19 Å². The Labute approximate surface area is 75.4 Å². The van der Waals surface area contributed by atoms with E-state index in [2.05, 4.69) is 4.98 Å². The zero-order chi connectivity index (χ0) is 9.14. The number of ether oxygens (including phenoxy) is 1. The van der Waals surface area contributed by atoms with Crippen LogP contribution in [0.1, 0.15) is 17.8 Å². The molecule has 5 heteroatoms. The van der Waals surface area contributed by atoms with Crippen molar-refractivity contribution in [2.24, 2.45) is 0 Å². The van der Waals surface area contributed by atoms with Crippen molar-refractivity contribution in [2.45, 2.75) is 13.0 Å². The molecule has 0 aliphatic carbocycles. The Bertz CT molecular complexity index is 249. The lowest BCUT2D eigenvalue weighted by Gasteiger charge is -2.14. The predicted octanol–water partition coefficient (Wildman–Crippen LogP) is 1.53. The maximum Gasteiger partial charge on any atom is 0.273 e. The van der Waals surface area contributed by atoms with Crippen LogP contribution in [0, 0.1) is 0 Å². The molecule has 0 aliphatic heterocycles. The molecule has 1 N–H and O–H groups in total. The molecule has 68 valence electrons. The molecule has 1 atom stereocenters. The van der Waals surface area contributed by atoms with Gasteiger partial charge in [0, 0.05) is 18.1 Å². The Hall–Kier alpha value is -0.650. The third-order valence-electron chi connectivity index (χ3n) is 1.65. The lowest BCUT2D eigenvalue weighted by molar-refractivity contribution is -0.0974. The Morgan fingerprint density at radius 1 is 1.75 bits per heavy atom. The number of hydrogen-bond donors (Lipinski definition) is 1. The fraction of sp³-hybridized carbons (Fsp3) is 0.571. The van der Waals surface area contributed by atoms with Gasteiger partial charge in [0.05, 0.1) is 13.2 Å². The fourth-order valence-corrected chi connectivity index (χ4v) is 1.56. The first-order valence-corrected chi connectivity index (χ1v) is 4.38. The Kier molecular flexibility index (Phi) is 3.02. The van der Waals surface area contributed by atoms with Crippen LogP contribution in [0.2, 0.25) is 0 Å². The van der Waals surface area contributed by atoms with Crippen LogP contribution >= 0.6 is 11.3 Å². The average molecular weight is 188 g/mol. The van der Waals surface area contributed by atoms with Gasteiger partial charge in [-0.3, -0.25) is 0 Å². The second kappa shape index (κ2) is 3.84. The topological polar surface area (TPSA) is 45.6 Å². The summed E-state index contributed by atoms with van der Waals surface area (Å²) in [7, 11) is 3.19. The number of nitrogens with zero attached hydrogens (tertiary/aromatic N) is 2. The van der Waals surface area contributed by atoms with E-state index >= 15 is 0 Å². The Balaban J connectivity index is 2.74. The number of methoxy groups -OCH3 is 1. The van der Waals surface area contributed by atoms with E-state index in [4.69, 9.17) is 9.94 Å². The normalized spacial score (nSPS) is 13.4. The predicted molar refractivity (Wildman–Crippen MR) is 46.6 cm³/mol. The lowest BCUT2D eigenvalue weighted by Crippen LogP contribution is -2.16. The van der Waals surface area contributed by atoms with Crippen LogP contribution in [0.4, 0.5) is 0 Å². The highest BCUT2D eigenvalue weighted by atomic mass is 32.1. The second-order valence-corrected chi connectivity index (χ2v) is 3.51. The van der Waals surface area contributed by atoms with Gasteiger partial charge in [-0.05, 0) is 6.92 Å². The summed E-state index contributed by atoms with van der Waals surface area (Å²) in [4.78, 5) is 4.98. The number of rotatable bonds is 3. The third kappa shape index (κ3) is 1.94. The number of hydrogen-bond acceptors (Lipinski definition) is 5. The van der Waals surface area contributed by atoms with Crippen molar-refractivity contribution in [1.29, 1.82) is 0 Å². The minimum atomic E-state index is -0.0357. The zero-order valence-electron chi connectivity index (χ0n) is 7.31. The van der Waals surface area contributed by atoms with Crippen LogP contribution < -0.4 is 4.74 Å². The molecule has 1 unspecified atom stereocenters. The molecule has 0 saturated heterocycles. The van der Waals surface area contributed by atoms with Gasteiger partial charge in [-0.2, -0.15) is 5.06 Å². The molecular formula is C7H12N2O2S. The molecule has 1 aromatic heterocycles. The smallest absolute Gasteiger partial charge is 0.273 e. The minimum Gasteiger partial charge on any atom is -0.473 e. The highest BCUT2D eigenvalue weighted by Gasteiger charge is 2.12. The maximum atomic E-state index is 9.13.